The van der Waals surface area contributed by atoms with Crippen LogP contribution in [0.3, 0.4) is 0 Å². The molecule has 8 nitrogen and oxygen atoms in total. The normalized spacial score (nSPS) is 14.8. The van der Waals surface area contributed by atoms with E-state index in [1.165, 1.54) is 30.2 Å². The number of hydrogen-bond donors (Lipinski definition) is 1. The molecule has 11 heteroatoms. The Balaban J connectivity index is 1.90. The van der Waals surface area contributed by atoms with Gasteiger partial charge in [0, 0.05) is 17.6 Å². The summed E-state index contributed by atoms with van der Waals surface area (Å²) in [6, 6.07) is 10.7. The minimum Gasteiger partial charge on any atom is -0.495 e. The molecule has 0 heterocycles. The van der Waals surface area contributed by atoms with Crippen LogP contribution in [0.15, 0.2) is 42.5 Å². The van der Waals surface area contributed by atoms with Crippen molar-refractivity contribution in [2.75, 3.05) is 24.2 Å². The summed E-state index contributed by atoms with van der Waals surface area (Å²) in [6.45, 7) is 1.21. The molecule has 1 fully saturated rings. The van der Waals surface area contributed by atoms with E-state index < -0.39 is 28.5 Å². The van der Waals surface area contributed by atoms with E-state index in [4.69, 9.17) is 27.9 Å². The molecule has 1 atom stereocenters. The van der Waals surface area contributed by atoms with Gasteiger partial charge in [0.25, 0.3) is 0 Å². The van der Waals surface area contributed by atoms with E-state index in [1.54, 1.807) is 31.2 Å². The Kier molecular flexibility index (Phi) is 9.49. The van der Waals surface area contributed by atoms with Crippen molar-refractivity contribution < 1.29 is 22.7 Å². The van der Waals surface area contributed by atoms with Crippen LogP contribution in [0.5, 0.6) is 5.75 Å². The van der Waals surface area contributed by atoms with Gasteiger partial charge in [-0.2, -0.15) is 0 Å². The number of sulfonamides is 1. The van der Waals surface area contributed by atoms with E-state index in [2.05, 4.69) is 5.32 Å². The predicted molar refractivity (Wildman–Crippen MR) is 142 cm³/mol. The lowest BCUT2D eigenvalue weighted by Gasteiger charge is -2.32. The second-order valence-corrected chi connectivity index (χ2v) is 11.7. The molecule has 0 aliphatic heterocycles. The van der Waals surface area contributed by atoms with Crippen LogP contribution in [0, 0.1) is 0 Å². The molecule has 196 valence electrons. The molecule has 0 saturated heterocycles. The monoisotopic (exact) mass is 555 g/mol. The summed E-state index contributed by atoms with van der Waals surface area (Å²) in [5.41, 5.74) is 0.928. The van der Waals surface area contributed by atoms with Crippen molar-refractivity contribution in [3.8, 4) is 5.75 Å². The quantitative estimate of drug-likeness (QED) is 0.472. The highest BCUT2D eigenvalue weighted by molar-refractivity contribution is 7.92. The van der Waals surface area contributed by atoms with Gasteiger partial charge in [-0.05, 0) is 55.7 Å². The zero-order valence-electron chi connectivity index (χ0n) is 20.5. The molecule has 1 N–H and O–H groups in total. The second-order valence-electron chi connectivity index (χ2n) is 8.91. The standard InChI is InChI=1S/C25H31Cl2N3O5S/c1-17(25(32)28-20-9-4-5-10-20)29(15-18-7-6-8-19(26)13-18)24(31)16-30(36(3,33)34)21-11-12-23(35-2)22(27)14-21/h6-8,11-14,17,20H,4-5,9-10,15-16H2,1-3H3,(H,28,32)/t17-/m1/s1. The number of rotatable bonds is 10. The lowest BCUT2D eigenvalue weighted by molar-refractivity contribution is -0.139. The van der Waals surface area contributed by atoms with Gasteiger partial charge in [-0.3, -0.25) is 13.9 Å². The number of nitrogens with zero attached hydrogens (tertiary/aromatic N) is 2. The van der Waals surface area contributed by atoms with E-state index >= 15 is 0 Å². The van der Waals surface area contributed by atoms with Crippen LogP contribution < -0.4 is 14.4 Å². The number of carbonyl (C=O) groups is 2. The zero-order chi connectivity index (χ0) is 26.5. The average molecular weight is 557 g/mol. The maximum atomic E-state index is 13.6. The van der Waals surface area contributed by atoms with Crippen LogP contribution in [0.1, 0.15) is 38.2 Å². The van der Waals surface area contributed by atoms with E-state index in [0.717, 1.165) is 41.8 Å². The first-order valence-corrected chi connectivity index (χ1v) is 14.3. The summed E-state index contributed by atoms with van der Waals surface area (Å²) in [6.07, 6.45) is 4.92. The number of amides is 2. The van der Waals surface area contributed by atoms with E-state index in [-0.39, 0.29) is 29.2 Å². The Morgan fingerprint density at radius 3 is 2.42 bits per heavy atom. The number of methoxy groups -OCH3 is 1. The highest BCUT2D eigenvalue weighted by Crippen LogP contribution is 2.30. The third-order valence-electron chi connectivity index (χ3n) is 6.21. The van der Waals surface area contributed by atoms with Crippen molar-refractivity contribution in [1.82, 2.24) is 10.2 Å². The molecule has 0 spiro atoms. The van der Waals surface area contributed by atoms with Gasteiger partial charge in [-0.15, -0.1) is 0 Å². The number of hydrogen-bond acceptors (Lipinski definition) is 5. The van der Waals surface area contributed by atoms with Crippen LogP contribution in [0.25, 0.3) is 0 Å². The maximum Gasteiger partial charge on any atom is 0.244 e. The molecule has 3 rings (SSSR count). The Hall–Kier alpha value is -2.49. The third kappa shape index (κ3) is 7.27. The van der Waals surface area contributed by atoms with Crippen molar-refractivity contribution in [2.45, 2.75) is 51.2 Å². The fraction of sp³-hybridized carbons (Fsp3) is 0.440. The van der Waals surface area contributed by atoms with E-state index in [9.17, 15) is 18.0 Å². The van der Waals surface area contributed by atoms with Crippen LogP contribution in [-0.4, -0.2) is 57.1 Å². The van der Waals surface area contributed by atoms with Gasteiger partial charge in [0.2, 0.25) is 21.8 Å². The zero-order valence-corrected chi connectivity index (χ0v) is 22.9. The third-order valence-corrected chi connectivity index (χ3v) is 7.88. The number of halogens is 2. The van der Waals surface area contributed by atoms with Crippen LogP contribution >= 0.6 is 23.2 Å². The molecular formula is C25H31Cl2N3O5S. The summed E-state index contributed by atoms with van der Waals surface area (Å²) >= 11 is 12.3. The minimum absolute atomic E-state index is 0.0806. The number of nitrogens with one attached hydrogen (secondary N) is 1. The van der Waals surface area contributed by atoms with Crippen LogP contribution in [0.2, 0.25) is 10.0 Å². The van der Waals surface area contributed by atoms with Crippen molar-refractivity contribution in [3.63, 3.8) is 0 Å². The maximum absolute atomic E-state index is 13.6. The lowest BCUT2D eigenvalue weighted by Crippen LogP contribution is -2.52. The fourth-order valence-corrected chi connectivity index (χ4v) is 5.54. The van der Waals surface area contributed by atoms with Gasteiger partial charge in [0.1, 0.15) is 18.3 Å². The first-order valence-electron chi connectivity index (χ1n) is 11.6. The summed E-state index contributed by atoms with van der Waals surface area (Å²) < 4.78 is 31.5. The van der Waals surface area contributed by atoms with Crippen molar-refractivity contribution >= 4 is 50.7 Å². The Bertz CT molecular complexity index is 1200. The molecular weight excluding hydrogens is 525 g/mol. The molecule has 1 aliphatic carbocycles. The number of anilines is 1. The van der Waals surface area contributed by atoms with Gasteiger partial charge in [0.15, 0.2) is 0 Å². The Morgan fingerprint density at radius 2 is 1.83 bits per heavy atom. The fourth-order valence-electron chi connectivity index (χ4n) is 4.23. The smallest absolute Gasteiger partial charge is 0.244 e. The summed E-state index contributed by atoms with van der Waals surface area (Å²) in [5.74, 6) is -0.447. The minimum atomic E-state index is -3.86. The van der Waals surface area contributed by atoms with Crippen molar-refractivity contribution in [1.29, 1.82) is 0 Å². The van der Waals surface area contributed by atoms with Gasteiger partial charge in [0.05, 0.1) is 24.1 Å². The molecule has 2 aromatic rings. The van der Waals surface area contributed by atoms with Gasteiger partial charge in [-0.25, -0.2) is 8.42 Å². The van der Waals surface area contributed by atoms with E-state index in [0.29, 0.717) is 10.8 Å². The molecule has 0 unspecified atom stereocenters. The molecule has 1 saturated carbocycles. The lowest BCUT2D eigenvalue weighted by atomic mass is 10.1. The van der Waals surface area contributed by atoms with Crippen molar-refractivity contribution in [2.24, 2.45) is 0 Å². The Morgan fingerprint density at radius 1 is 1.14 bits per heavy atom. The SMILES string of the molecule is COc1ccc(N(CC(=O)N(Cc2cccc(Cl)c2)[C@H](C)C(=O)NC2CCCC2)S(C)(=O)=O)cc1Cl. The first-order chi connectivity index (χ1) is 17.0. The molecule has 1 aliphatic rings. The van der Waals surface area contributed by atoms with E-state index in [1.807, 2.05) is 0 Å². The predicted octanol–water partition coefficient (Wildman–Crippen LogP) is 4.24. The summed E-state index contributed by atoms with van der Waals surface area (Å²) in [5, 5.41) is 3.72. The Labute approximate surface area is 222 Å². The average Bonchev–Trinajstić information content (AvgIpc) is 3.32. The number of carbonyl (C=O) groups excluding carboxylic acids is 2. The molecule has 0 aromatic heterocycles. The number of ether oxygens (including phenoxy) is 1. The van der Waals surface area contributed by atoms with Gasteiger partial charge >= 0.3 is 0 Å². The van der Waals surface area contributed by atoms with Gasteiger partial charge < -0.3 is 15.0 Å². The largest absolute Gasteiger partial charge is 0.495 e. The first kappa shape index (κ1) is 28.1. The van der Waals surface area contributed by atoms with Crippen LogP contribution in [0.4, 0.5) is 5.69 Å². The summed E-state index contributed by atoms with van der Waals surface area (Å²) in [7, 11) is -2.41. The molecule has 0 bridgehead atoms. The molecule has 2 amide bonds. The highest BCUT2D eigenvalue weighted by Gasteiger charge is 2.31. The molecule has 36 heavy (non-hydrogen) atoms. The van der Waals surface area contributed by atoms with Crippen molar-refractivity contribution in [3.05, 3.63) is 58.1 Å². The van der Waals surface area contributed by atoms with Gasteiger partial charge in [-0.1, -0.05) is 48.2 Å². The van der Waals surface area contributed by atoms with Crippen LogP contribution in [-0.2, 0) is 26.2 Å². The topological polar surface area (TPSA) is 96.0 Å². The second kappa shape index (κ2) is 12.2. The molecule has 0 radical (unpaired) electrons. The molecule has 2 aromatic carbocycles. The summed E-state index contributed by atoms with van der Waals surface area (Å²) in [4.78, 5) is 28.1. The highest BCUT2D eigenvalue weighted by atomic mass is 35.5. The number of benzene rings is 2.